The normalized spacial score (nSPS) is 19.1. The molecule has 1 unspecified atom stereocenters. The van der Waals surface area contributed by atoms with Crippen LogP contribution in [0.15, 0.2) is 23.2 Å². The number of aryl methyl sites for hydroxylation is 1. The van der Waals surface area contributed by atoms with Gasteiger partial charge in [0.15, 0.2) is 0 Å². The van der Waals surface area contributed by atoms with Gasteiger partial charge in [0.1, 0.15) is 0 Å². The molecule has 1 fully saturated rings. The smallest absolute Gasteiger partial charge is 0.235 e. The van der Waals surface area contributed by atoms with Crippen LogP contribution in [-0.4, -0.2) is 28.3 Å². The molecule has 102 valence electrons. The van der Waals surface area contributed by atoms with E-state index in [2.05, 4.69) is 22.1 Å². The van der Waals surface area contributed by atoms with E-state index in [9.17, 15) is 9.59 Å². The highest BCUT2D eigenvalue weighted by Gasteiger charge is 2.31. The molecule has 0 spiro atoms. The number of amides is 2. The third-order valence-electron chi connectivity index (χ3n) is 3.62. The molecule has 1 aromatic carbocycles. The van der Waals surface area contributed by atoms with Gasteiger partial charge in [-0.15, -0.1) is 0 Å². The van der Waals surface area contributed by atoms with Crippen LogP contribution < -0.4 is 5.32 Å². The zero-order chi connectivity index (χ0) is 14.3. The van der Waals surface area contributed by atoms with Gasteiger partial charge in [-0.2, -0.15) is 5.10 Å². The lowest BCUT2D eigenvalue weighted by molar-refractivity contribution is -0.134. The molecule has 0 aliphatic carbocycles. The van der Waals surface area contributed by atoms with Gasteiger partial charge in [-0.3, -0.25) is 24.6 Å². The Balaban J connectivity index is 2.10. The van der Waals surface area contributed by atoms with E-state index in [0.717, 1.165) is 16.6 Å². The highest BCUT2D eigenvalue weighted by molar-refractivity contribution is 6.02. The Labute approximate surface area is 115 Å². The minimum atomic E-state index is -0.376. The fraction of sp³-hybridized carbons (Fsp3) is 0.286. The number of piperidine rings is 1. The summed E-state index contributed by atoms with van der Waals surface area (Å²) < 4.78 is 1.73. The molecule has 2 aromatic rings. The van der Waals surface area contributed by atoms with Gasteiger partial charge in [-0.25, -0.2) is 0 Å². The molecule has 1 aliphatic heterocycles. The van der Waals surface area contributed by atoms with Crippen LogP contribution in [0.5, 0.6) is 0 Å². The van der Waals surface area contributed by atoms with Crippen molar-refractivity contribution in [2.45, 2.75) is 18.8 Å². The molecule has 20 heavy (non-hydrogen) atoms. The first kappa shape index (κ1) is 12.5. The largest absolute Gasteiger partial charge is 0.296 e. The van der Waals surface area contributed by atoms with Crippen LogP contribution in [0.4, 0.5) is 5.69 Å². The van der Waals surface area contributed by atoms with Crippen LogP contribution in [0.2, 0.25) is 0 Å². The first-order valence-corrected chi connectivity index (χ1v) is 6.37. The van der Waals surface area contributed by atoms with Crippen LogP contribution in [0.25, 0.3) is 10.9 Å². The fourth-order valence-corrected chi connectivity index (χ4v) is 2.58. The third-order valence-corrected chi connectivity index (χ3v) is 3.62. The molecule has 6 nitrogen and oxygen atoms in total. The highest BCUT2D eigenvalue weighted by atomic mass is 16.2. The zero-order valence-electron chi connectivity index (χ0n) is 11.1. The monoisotopic (exact) mass is 270 g/mol. The van der Waals surface area contributed by atoms with Crippen molar-refractivity contribution >= 4 is 35.1 Å². The van der Waals surface area contributed by atoms with E-state index < -0.39 is 0 Å². The number of rotatable bonds is 2. The van der Waals surface area contributed by atoms with E-state index >= 15 is 0 Å². The van der Waals surface area contributed by atoms with E-state index in [4.69, 9.17) is 0 Å². The van der Waals surface area contributed by atoms with E-state index in [0.29, 0.717) is 18.5 Å². The molecule has 0 radical (unpaired) electrons. The predicted molar refractivity (Wildman–Crippen MR) is 75.0 cm³/mol. The average molecular weight is 270 g/mol. The van der Waals surface area contributed by atoms with Crippen LogP contribution >= 0.6 is 0 Å². The second-order valence-corrected chi connectivity index (χ2v) is 4.87. The van der Waals surface area contributed by atoms with Crippen molar-refractivity contribution in [2.24, 2.45) is 12.0 Å². The number of fused-ring (bicyclic) bond motifs is 1. The van der Waals surface area contributed by atoms with Crippen molar-refractivity contribution in [1.29, 1.82) is 0 Å². The summed E-state index contributed by atoms with van der Waals surface area (Å²) in [4.78, 5) is 27.1. The SMILES string of the molecule is C=Nc1ccc2c(C3CCC(=O)NC3=O)nn(C)c2c1. The second kappa shape index (κ2) is 4.56. The van der Waals surface area contributed by atoms with Crippen LogP contribution in [0, 0.1) is 0 Å². The molecule has 0 bridgehead atoms. The number of carbonyl (C=O) groups excluding carboxylic acids is 2. The summed E-state index contributed by atoms with van der Waals surface area (Å²) >= 11 is 0. The molecule has 1 N–H and O–H groups in total. The number of nitrogens with one attached hydrogen (secondary N) is 1. The minimum absolute atomic E-state index is 0.218. The molecule has 1 atom stereocenters. The Hall–Kier alpha value is -2.50. The molecule has 6 heteroatoms. The highest BCUT2D eigenvalue weighted by Crippen LogP contribution is 2.31. The lowest BCUT2D eigenvalue weighted by Crippen LogP contribution is -2.39. The van der Waals surface area contributed by atoms with E-state index in [-0.39, 0.29) is 17.7 Å². The van der Waals surface area contributed by atoms with E-state index in [1.165, 1.54) is 0 Å². The Bertz CT molecular complexity index is 732. The molecule has 1 saturated heterocycles. The number of hydrogen-bond donors (Lipinski definition) is 1. The van der Waals surface area contributed by atoms with Crippen molar-refractivity contribution in [3.05, 3.63) is 23.9 Å². The maximum absolute atomic E-state index is 12.0. The van der Waals surface area contributed by atoms with Gasteiger partial charge in [0.25, 0.3) is 0 Å². The van der Waals surface area contributed by atoms with Crippen LogP contribution in [0.1, 0.15) is 24.5 Å². The summed E-state index contributed by atoms with van der Waals surface area (Å²) in [6, 6.07) is 5.61. The summed E-state index contributed by atoms with van der Waals surface area (Å²) in [6.45, 7) is 3.50. The van der Waals surface area contributed by atoms with Gasteiger partial charge in [-0.05, 0) is 31.3 Å². The van der Waals surface area contributed by atoms with Crippen molar-refractivity contribution in [3.63, 3.8) is 0 Å². The lowest BCUT2D eigenvalue weighted by Gasteiger charge is -2.19. The Morgan fingerprint density at radius 3 is 2.95 bits per heavy atom. The van der Waals surface area contributed by atoms with Crippen LogP contribution in [0.3, 0.4) is 0 Å². The molecule has 3 rings (SSSR count). The number of imide groups is 1. The van der Waals surface area contributed by atoms with Crippen molar-refractivity contribution in [2.75, 3.05) is 0 Å². The molecule has 0 saturated carbocycles. The lowest BCUT2D eigenvalue weighted by atomic mass is 9.93. The Morgan fingerprint density at radius 1 is 1.45 bits per heavy atom. The second-order valence-electron chi connectivity index (χ2n) is 4.87. The van der Waals surface area contributed by atoms with Crippen molar-refractivity contribution < 1.29 is 9.59 Å². The molecule has 1 aliphatic rings. The van der Waals surface area contributed by atoms with Crippen molar-refractivity contribution in [1.82, 2.24) is 15.1 Å². The number of hydrogen-bond acceptors (Lipinski definition) is 4. The third kappa shape index (κ3) is 1.89. The average Bonchev–Trinajstić information content (AvgIpc) is 2.75. The number of nitrogens with zero attached hydrogens (tertiary/aromatic N) is 3. The summed E-state index contributed by atoms with van der Waals surface area (Å²) in [6.07, 6.45) is 0.846. The first-order chi connectivity index (χ1) is 9.60. The fourth-order valence-electron chi connectivity index (χ4n) is 2.58. The molecule has 2 heterocycles. The van der Waals surface area contributed by atoms with Gasteiger partial charge in [0.05, 0.1) is 22.8 Å². The Morgan fingerprint density at radius 2 is 2.25 bits per heavy atom. The van der Waals surface area contributed by atoms with Gasteiger partial charge in [0, 0.05) is 18.9 Å². The van der Waals surface area contributed by atoms with E-state index in [1.807, 2.05) is 25.2 Å². The quantitative estimate of drug-likeness (QED) is 0.662. The zero-order valence-corrected chi connectivity index (χ0v) is 11.1. The van der Waals surface area contributed by atoms with Gasteiger partial charge in [0.2, 0.25) is 11.8 Å². The maximum Gasteiger partial charge on any atom is 0.235 e. The van der Waals surface area contributed by atoms with E-state index in [1.54, 1.807) is 4.68 Å². The molecule has 1 aromatic heterocycles. The predicted octanol–water partition coefficient (Wildman–Crippen LogP) is 1.43. The number of benzene rings is 1. The number of aromatic nitrogens is 2. The molecular weight excluding hydrogens is 256 g/mol. The molecule has 2 amide bonds. The number of carbonyl (C=O) groups is 2. The Kier molecular flexibility index (Phi) is 2.85. The molecular formula is C14H14N4O2. The minimum Gasteiger partial charge on any atom is -0.296 e. The standard InChI is InChI=1S/C14H14N4O2/c1-15-8-3-4-9-11(7-8)18(2)17-13(9)10-5-6-12(19)16-14(10)20/h3-4,7,10H,1,5-6H2,2H3,(H,16,19,20). The number of aliphatic imine (C=N–C) groups is 1. The van der Waals surface area contributed by atoms with Crippen molar-refractivity contribution in [3.8, 4) is 0 Å². The summed E-state index contributed by atoms with van der Waals surface area (Å²) in [5.41, 5.74) is 2.37. The van der Waals surface area contributed by atoms with Gasteiger partial charge >= 0.3 is 0 Å². The summed E-state index contributed by atoms with van der Waals surface area (Å²) in [7, 11) is 1.82. The maximum atomic E-state index is 12.0. The van der Waals surface area contributed by atoms with Crippen LogP contribution in [-0.2, 0) is 16.6 Å². The van der Waals surface area contributed by atoms with Gasteiger partial charge < -0.3 is 0 Å². The van der Waals surface area contributed by atoms with Gasteiger partial charge in [-0.1, -0.05) is 0 Å². The summed E-state index contributed by atoms with van der Waals surface area (Å²) in [5.74, 6) is -0.865. The summed E-state index contributed by atoms with van der Waals surface area (Å²) in [5, 5.41) is 7.73. The topological polar surface area (TPSA) is 76.3 Å². The first-order valence-electron chi connectivity index (χ1n) is 6.37.